The summed E-state index contributed by atoms with van der Waals surface area (Å²) >= 11 is 6.07. The molecule has 3 atom stereocenters. The molecule has 1 saturated heterocycles. The monoisotopic (exact) mass is 401 g/mol. The second kappa shape index (κ2) is 8.56. The molecule has 5 nitrogen and oxygen atoms in total. The first-order valence-electron chi connectivity index (χ1n) is 10.3. The van der Waals surface area contributed by atoms with E-state index in [1.807, 2.05) is 29.2 Å². The Labute approximate surface area is 171 Å². The van der Waals surface area contributed by atoms with Crippen molar-refractivity contribution in [1.82, 2.24) is 10.2 Å². The second-order valence-corrected chi connectivity index (χ2v) is 8.63. The number of anilines is 1. The Kier molecular flexibility index (Phi) is 5.90. The standard InChI is InChI=1S/C22H28ClN3O2/c23-19-2-1-3-20(14-19)25-8-10-26(11-9-25)22(28)7-6-21(27)24-15-18-13-16-4-5-17(18)12-16/h1-5,14,16-18H,6-13,15H2,(H,24,27)/t16-,17-,18-/m0/s1. The maximum Gasteiger partial charge on any atom is 0.223 e. The van der Waals surface area contributed by atoms with Crippen molar-refractivity contribution in [3.63, 3.8) is 0 Å². The Balaban J connectivity index is 1.15. The van der Waals surface area contributed by atoms with Crippen LogP contribution in [0.5, 0.6) is 0 Å². The molecule has 1 aliphatic heterocycles. The molecule has 3 aliphatic rings. The lowest BCUT2D eigenvalue weighted by atomic mass is 9.93. The summed E-state index contributed by atoms with van der Waals surface area (Å²) in [5, 5.41) is 3.76. The predicted molar refractivity (Wildman–Crippen MR) is 111 cm³/mol. The van der Waals surface area contributed by atoms with Crippen LogP contribution >= 0.6 is 11.6 Å². The highest BCUT2D eigenvalue weighted by atomic mass is 35.5. The van der Waals surface area contributed by atoms with Crippen molar-refractivity contribution < 1.29 is 9.59 Å². The molecule has 2 aliphatic carbocycles. The van der Waals surface area contributed by atoms with E-state index in [4.69, 9.17) is 11.6 Å². The van der Waals surface area contributed by atoms with Gasteiger partial charge in [-0.25, -0.2) is 0 Å². The maximum absolute atomic E-state index is 12.5. The smallest absolute Gasteiger partial charge is 0.223 e. The van der Waals surface area contributed by atoms with Gasteiger partial charge >= 0.3 is 0 Å². The van der Waals surface area contributed by atoms with Gasteiger partial charge in [-0.1, -0.05) is 29.8 Å². The van der Waals surface area contributed by atoms with Gasteiger partial charge < -0.3 is 15.1 Å². The van der Waals surface area contributed by atoms with Crippen molar-refractivity contribution in [2.45, 2.75) is 25.7 Å². The molecule has 4 rings (SSSR count). The fourth-order valence-corrected chi connectivity index (χ4v) is 4.91. The van der Waals surface area contributed by atoms with Crippen molar-refractivity contribution in [3.8, 4) is 0 Å². The Morgan fingerprint density at radius 1 is 1.07 bits per heavy atom. The zero-order chi connectivity index (χ0) is 19.5. The molecule has 2 fully saturated rings. The number of nitrogens with zero attached hydrogens (tertiary/aromatic N) is 2. The molecule has 0 aromatic heterocycles. The van der Waals surface area contributed by atoms with E-state index in [2.05, 4.69) is 22.4 Å². The maximum atomic E-state index is 12.5. The average molecular weight is 402 g/mol. The van der Waals surface area contributed by atoms with Crippen molar-refractivity contribution >= 4 is 29.1 Å². The third-order valence-electron chi connectivity index (χ3n) is 6.35. The van der Waals surface area contributed by atoms with Crippen LogP contribution in [0.4, 0.5) is 5.69 Å². The highest BCUT2D eigenvalue weighted by Crippen LogP contribution is 2.42. The second-order valence-electron chi connectivity index (χ2n) is 8.19. The van der Waals surface area contributed by atoms with Gasteiger partial charge in [0.25, 0.3) is 0 Å². The van der Waals surface area contributed by atoms with Gasteiger partial charge in [0.05, 0.1) is 0 Å². The number of rotatable bonds is 6. The van der Waals surface area contributed by atoms with Gasteiger partial charge in [-0.05, 0) is 48.8 Å². The van der Waals surface area contributed by atoms with E-state index < -0.39 is 0 Å². The van der Waals surface area contributed by atoms with E-state index in [0.717, 1.165) is 36.3 Å². The van der Waals surface area contributed by atoms with Gasteiger partial charge in [0, 0.05) is 56.3 Å². The van der Waals surface area contributed by atoms with E-state index >= 15 is 0 Å². The molecule has 28 heavy (non-hydrogen) atoms. The molecular weight excluding hydrogens is 374 g/mol. The van der Waals surface area contributed by atoms with Crippen LogP contribution in [0, 0.1) is 17.8 Å². The zero-order valence-corrected chi connectivity index (χ0v) is 16.9. The molecular formula is C22H28ClN3O2. The SMILES string of the molecule is O=C(CCC(=O)N1CCN(c2cccc(Cl)c2)CC1)NC[C@@H]1C[C@H]2C=C[C@H]1C2. The molecule has 1 N–H and O–H groups in total. The number of hydrogen-bond donors (Lipinski definition) is 1. The summed E-state index contributed by atoms with van der Waals surface area (Å²) < 4.78 is 0. The Morgan fingerprint density at radius 3 is 2.57 bits per heavy atom. The van der Waals surface area contributed by atoms with E-state index in [9.17, 15) is 9.59 Å². The first kappa shape index (κ1) is 19.3. The zero-order valence-electron chi connectivity index (χ0n) is 16.1. The van der Waals surface area contributed by atoms with Gasteiger partial charge in [0.15, 0.2) is 0 Å². The van der Waals surface area contributed by atoms with E-state index in [1.54, 1.807) is 0 Å². The van der Waals surface area contributed by atoms with Crippen LogP contribution in [0.2, 0.25) is 5.02 Å². The number of piperazine rings is 1. The average Bonchev–Trinajstić information content (AvgIpc) is 3.34. The molecule has 6 heteroatoms. The molecule has 0 radical (unpaired) electrons. The number of allylic oxidation sites excluding steroid dienone is 2. The summed E-state index contributed by atoms with van der Waals surface area (Å²) in [5.41, 5.74) is 1.09. The molecule has 0 spiro atoms. The number of carbonyl (C=O) groups is 2. The van der Waals surface area contributed by atoms with Gasteiger partial charge in [-0.15, -0.1) is 0 Å². The Hall–Kier alpha value is -2.01. The minimum absolute atomic E-state index is 0.00216. The lowest BCUT2D eigenvalue weighted by Crippen LogP contribution is -2.49. The molecule has 2 bridgehead atoms. The first-order chi connectivity index (χ1) is 13.6. The molecule has 150 valence electrons. The third-order valence-corrected chi connectivity index (χ3v) is 6.58. The predicted octanol–water partition coefficient (Wildman–Crippen LogP) is 3.10. The van der Waals surface area contributed by atoms with Crippen LogP contribution in [0.15, 0.2) is 36.4 Å². The van der Waals surface area contributed by atoms with Gasteiger partial charge in [0.2, 0.25) is 11.8 Å². The van der Waals surface area contributed by atoms with Crippen LogP contribution in [-0.2, 0) is 9.59 Å². The summed E-state index contributed by atoms with van der Waals surface area (Å²) in [6.07, 6.45) is 7.63. The number of amides is 2. The molecule has 1 aromatic rings. The lowest BCUT2D eigenvalue weighted by Gasteiger charge is -2.36. The number of hydrogen-bond acceptors (Lipinski definition) is 3. The fraction of sp³-hybridized carbons (Fsp3) is 0.545. The molecule has 0 unspecified atom stereocenters. The number of carbonyl (C=O) groups excluding carboxylic acids is 2. The van der Waals surface area contributed by atoms with Crippen molar-refractivity contribution in [3.05, 3.63) is 41.4 Å². The normalized spacial score (nSPS) is 26.0. The topological polar surface area (TPSA) is 52.7 Å². The number of fused-ring (bicyclic) bond motifs is 2. The third kappa shape index (κ3) is 4.52. The van der Waals surface area contributed by atoms with Crippen LogP contribution < -0.4 is 10.2 Å². The van der Waals surface area contributed by atoms with E-state index in [0.29, 0.717) is 31.3 Å². The summed E-state index contributed by atoms with van der Waals surface area (Å²) in [5.74, 6) is 2.01. The minimum atomic E-state index is -0.00216. The van der Waals surface area contributed by atoms with Crippen LogP contribution in [0.1, 0.15) is 25.7 Å². The molecule has 1 aromatic carbocycles. The quantitative estimate of drug-likeness (QED) is 0.745. The van der Waals surface area contributed by atoms with Crippen LogP contribution in [-0.4, -0.2) is 49.4 Å². The van der Waals surface area contributed by atoms with E-state index in [-0.39, 0.29) is 18.2 Å². The summed E-state index contributed by atoms with van der Waals surface area (Å²) in [6.45, 7) is 3.69. The van der Waals surface area contributed by atoms with Crippen molar-refractivity contribution in [2.75, 3.05) is 37.6 Å². The van der Waals surface area contributed by atoms with Crippen LogP contribution in [0.3, 0.4) is 0 Å². The fourth-order valence-electron chi connectivity index (χ4n) is 4.73. The molecule has 1 saturated carbocycles. The number of benzene rings is 1. The highest BCUT2D eigenvalue weighted by molar-refractivity contribution is 6.30. The van der Waals surface area contributed by atoms with Gasteiger partial charge in [-0.2, -0.15) is 0 Å². The van der Waals surface area contributed by atoms with E-state index in [1.165, 1.54) is 12.8 Å². The number of halogens is 1. The largest absolute Gasteiger partial charge is 0.368 e. The minimum Gasteiger partial charge on any atom is -0.368 e. The van der Waals surface area contributed by atoms with Gasteiger partial charge in [0.1, 0.15) is 0 Å². The Morgan fingerprint density at radius 2 is 1.89 bits per heavy atom. The number of nitrogens with one attached hydrogen (secondary N) is 1. The van der Waals surface area contributed by atoms with Crippen LogP contribution in [0.25, 0.3) is 0 Å². The summed E-state index contributed by atoms with van der Waals surface area (Å²) in [7, 11) is 0. The lowest BCUT2D eigenvalue weighted by molar-refractivity contribution is -0.133. The van der Waals surface area contributed by atoms with Crippen molar-refractivity contribution in [2.24, 2.45) is 17.8 Å². The van der Waals surface area contributed by atoms with Crippen molar-refractivity contribution in [1.29, 1.82) is 0 Å². The highest BCUT2D eigenvalue weighted by Gasteiger charge is 2.35. The van der Waals surface area contributed by atoms with Gasteiger partial charge in [-0.3, -0.25) is 9.59 Å². The molecule has 1 heterocycles. The first-order valence-corrected chi connectivity index (χ1v) is 10.7. The summed E-state index contributed by atoms with van der Waals surface area (Å²) in [6, 6.07) is 7.81. The Bertz CT molecular complexity index is 758. The summed E-state index contributed by atoms with van der Waals surface area (Å²) in [4.78, 5) is 28.7. The molecule has 2 amide bonds.